The molecule has 0 saturated heterocycles. The van der Waals surface area contributed by atoms with Gasteiger partial charge in [-0.25, -0.2) is 5.43 Å². The number of benzene rings is 2. The highest BCUT2D eigenvalue weighted by Crippen LogP contribution is 2.09. The van der Waals surface area contributed by atoms with Gasteiger partial charge in [-0.3, -0.25) is 4.79 Å². The van der Waals surface area contributed by atoms with Crippen LogP contribution in [0.1, 0.15) is 11.1 Å². The summed E-state index contributed by atoms with van der Waals surface area (Å²) in [4.78, 5) is 11.6. The van der Waals surface area contributed by atoms with Gasteiger partial charge < -0.3 is 5.32 Å². The van der Waals surface area contributed by atoms with Gasteiger partial charge in [0.2, 0.25) is 0 Å². The SMILES string of the molecule is Cc1cccc(NCC(=O)N/N=C\c2cccc(Cl)c2)c1. The van der Waals surface area contributed by atoms with Gasteiger partial charge in [-0.05, 0) is 42.3 Å². The predicted octanol–water partition coefficient (Wildman–Crippen LogP) is 3.21. The molecule has 5 heteroatoms. The van der Waals surface area contributed by atoms with Gasteiger partial charge in [0.25, 0.3) is 5.91 Å². The number of hydrogen-bond acceptors (Lipinski definition) is 3. The summed E-state index contributed by atoms with van der Waals surface area (Å²) in [6.07, 6.45) is 1.55. The first-order chi connectivity index (χ1) is 10.1. The Kier molecular flexibility index (Phi) is 5.35. The second-order valence-corrected chi connectivity index (χ2v) is 5.01. The molecule has 0 bridgehead atoms. The van der Waals surface area contributed by atoms with Crippen molar-refractivity contribution in [1.82, 2.24) is 5.43 Å². The number of halogens is 1. The third-order valence-corrected chi connectivity index (χ3v) is 2.96. The molecule has 0 aliphatic carbocycles. The molecular weight excluding hydrogens is 286 g/mol. The fraction of sp³-hybridized carbons (Fsp3) is 0.125. The fourth-order valence-corrected chi connectivity index (χ4v) is 1.94. The quantitative estimate of drug-likeness (QED) is 0.658. The van der Waals surface area contributed by atoms with Crippen molar-refractivity contribution in [1.29, 1.82) is 0 Å². The van der Waals surface area contributed by atoms with Crippen molar-refractivity contribution in [2.75, 3.05) is 11.9 Å². The van der Waals surface area contributed by atoms with E-state index in [-0.39, 0.29) is 12.5 Å². The summed E-state index contributed by atoms with van der Waals surface area (Å²) in [5, 5.41) is 7.56. The molecule has 2 rings (SSSR count). The fourth-order valence-electron chi connectivity index (χ4n) is 1.74. The zero-order valence-electron chi connectivity index (χ0n) is 11.6. The highest BCUT2D eigenvalue weighted by molar-refractivity contribution is 6.30. The van der Waals surface area contributed by atoms with Crippen LogP contribution in [0.5, 0.6) is 0 Å². The zero-order chi connectivity index (χ0) is 15.1. The van der Waals surface area contributed by atoms with E-state index in [4.69, 9.17) is 11.6 Å². The number of hydrogen-bond donors (Lipinski definition) is 2. The van der Waals surface area contributed by atoms with Crippen LogP contribution in [-0.4, -0.2) is 18.7 Å². The minimum atomic E-state index is -0.213. The first kappa shape index (κ1) is 15.1. The van der Waals surface area contributed by atoms with Gasteiger partial charge in [0.05, 0.1) is 12.8 Å². The van der Waals surface area contributed by atoms with E-state index in [2.05, 4.69) is 15.8 Å². The lowest BCUT2D eigenvalue weighted by molar-refractivity contribution is -0.119. The number of anilines is 1. The van der Waals surface area contributed by atoms with Crippen molar-refractivity contribution in [2.45, 2.75) is 6.92 Å². The van der Waals surface area contributed by atoms with Crippen LogP contribution in [0.4, 0.5) is 5.69 Å². The monoisotopic (exact) mass is 301 g/mol. The minimum absolute atomic E-state index is 0.163. The third kappa shape index (κ3) is 5.28. The van der Waals surface area contributed by atoms with Crippen LogP contribution in [-0.2, 0) is 4.79 Å². The molecule has 0 fully saturated rings. The van der Waals surface area contributed by atoms with E-state index in [0.717, 1.165) is 16.8 Å². The van der Waals surface area contributed by atoms with Crippen molar-refractivity contribution in [2.24, 2.45) is 5.10 Å². The molecule has 2 N–H and O–H groups in total. The normalized spacial score (nSPS) is 10.6. The van der Waals surface area contributed by atoms with E-state index in [1.807, 2.05) is 43.3 Å². The van der Waals surface area contributed by atoms with Gasteiger partial charge in [-0.15, -0.1) is 0 Å². The van der Waals surface area contributed by atoms with Gasteiger partial charge >= 0.3 is 0 Å². The molecule has 4 nitrogen and oxygen atoms in total. The number of aryl methyl sites for hydroxylation is 1. The summed E-state index contributed by atoms with van der Waals surface area (Å²) >= 11 is 5.86. The van der Waals surface area contributed by atoms with Crippen molar-refractivity contribution < 1.29 is 4.79 Å². The Hall–Kier alpha value is -2.33. The largest absolute Gasteiger partial charge is 0.376 e. The average Bonchev–Trinajstić information content (AvgIpc) is 2.45. The lowest BCUT2D eigenvalue weighted by atomic mass is 10.2. The van der Waals surface area contributed by atoms with Gasteiger partial charge in [0.15, 0.2) is 0 Å². The molecule has 0 radical (unpaired) electrons. The van der Waals surface area contributed by atoms with Crippen molar-refractivity contribution >= 4 is 29.4 Å². The highest BCUT2D eigenvalue weighted by atomic mass is 35.5. The van der Waals surface area contributed by atoms with E-state index in [0.29, 0.717) is 5.02 Å². The Labute approximate surface area is 128 Å². The van der Waals surface area contributed by atoms with E-state index < -0.39 is 0 Å². The minimum Gasteiger partial charge on any atom is -0.376 e. The average molecular weight is 302 g/mol. The Morgan fingerprint density at radius 2 is 2.05 bits per heavy atom. The summed E-state index contributed by atoms with van der Waals surface area (Å²) in [5.74, 6) is -0.213. The van der Waals surface area contributed by atoms with Crippen molar-refractivity contribution in [3.8, 4) is 0 Å². The molecule has 21 heavy (non-hydrogen) atoms. The van der Waals surface area contributed by atoms with E-state index in [9.17, 15) is 4.79 Å². The number of rotatable bonds is 5. The molecule has 0 aromatic heterocycles. The number of nitrogens with one attached hydrogen (secondary N) is 2. The Morgan fingerprint density at radius 1 is 1.24 bits per heavy atom. The van der Waals surface area contributed by atoms with Crippen LogP contribution in [0.3, 0.4) is 0 Å². The van der Waals surface area contributed by atoms with Crippen LogP contribution >= 0.6 is 11.6 Å². The maximum atomic E-state index is 11.6. The molecular formula is C16H16ClN3O. The topological polar surface area (TPSA) is 53.5 Å². The van der Waals surface area contributed by atoms with E-state index in [1.54, 1.807) is 18.3 Å². The van der Waals surface area contributed by atoms with Crippen LogP contribution in [0.25, 0.3) is 0 Å². The maximum absolute atomic E-state index is 11.6. The van der Waals surface area contributed by atoms with Crippen LogP contribution in [0.15, 0.2) is 53.6 Å². The summed E-state index contributed by atoms with van der Waals surface area (Å²) in [5.41, 5.74) is 5.33. The van der Waals surface area contributed by atoms with Gasteiger partial charge in [-0.1, -0.05) is 35.9 Å². The molecule has 2 aromatic rings. The molecule has 0 aliphatic heterocycles. The first-order valence-electron chi connectivity index (χ1n) is 6.51. The molecule has 0 atom stereocenters. The first-order valence-corrected chi connectivity index (χ1v) is 6.89. The van der Waals surface area contributed by atoms with Crippen LogP contribution < -0.4 is 10.7 Å². The third-order valence-electron chi connectivity index (χ3n) is 2.72. The van der Waals surface area contributed by atoms with Gasteiger partial charge in [-0.2, -0.15) is 5.10 Å². The molecule has 0 spiro atoms. The molecule has 0 aliphatic rings. The second-order valence-electron chi connectivity index (χ2n) is 4.57. The second kappa shape index (κ2) is 7.45. The van der Waals surface area contributed by atoms with Gasteiger partial charge in [0.1, 0.15) is 0 Å². The number of hydrazone groups is 1. The highest BCUT2D eigenvalue weighted by Gasteiger charge is 1.99. The Bertz CT molecular complexity index is 655. The molecule has 1 amide bonds. The summed E-state index contributed by atoms with van der Waals surface area (Å²) in [6.45, 7) is 2.16. The zero-order valence-corrected chi connectivity index (χ0v) is 12.4. The Morgan fingerprint density at radius 3 is 2.81 bits per heavy atom. The standard InChI is InChI=1S/C16H16ClN3O/c1-12-4-2-7-15(8-12)18-11-16(21)20-19-10-13-5-3-6-14(17)9-13/h2-10,18H,11H2,1H3,(H,20,21)/b19-10-. The lowest BCUT2D eigenvalue weighted by Gasteiger charge is -2.05. The van der Waals surface area contributed by atoms with Gasteiger partial charge in [0, 0.05) is 10.7 Å². The number of carbonyl (C=O) groups excluding carboxylic acids is 1. The molecule has 2 aromatic carbocycles. The number of carbonyl (C=O) groups is 1. The molecule has 0 heterocycles. The van der Waals surface area contributed by atoms with E-state index in [1.165, 1.54) is 0 Å². The van der Waals surface area contributed by atoms with Crippen LogP contribution in [0, 0.1) is 6.92 Å². The number of nitrogens with zero attached hydrogens (tertiary/aromatic N) is 1. The molecule has 0 unspecified atom stereocenters. The summed E-state index contributed by atoms with van der Waals surface area (Å²) in [6, 6.07) is 15.0. The molecule has 108 valence electrons. The number of amides is 1. The van der Waals surface area contributed by atoms with Crippen molar-refractivity contribution in [3.63, 3.8) is 0 Å². The smallest absolute Gasteiger partial charge is 0.259 e. The Balaban J connectivity index is 1.80. The van der Waals surface area contributed by atoms with Crippen LogP contribution in [0.2, 0.25) is 5.02 Å². The molecule has 0 saturated carbocycles. The summed E-state index contributed by atoms with van der Waals surface area (Å²) < 4.78 is 0. The van der Waals surface area contributed by atoms with Crippen molar-refractivity contribution in [3.05, 3.63) is 64.7 Å². The summed E-state index contributed by atoms with van der Waals surface area (Å²) in [7, 11) is 0. The maximum Gasteiger partial charge on any atom is 0.259 e. The lowest BCUT2D eigenvalue weighted by Crippen LogP contribution is -2.25. The van der Waals surface area contributed by atoms with E-state index >= 15 is 0 Å². The predicted molar refractivity (Wildman–Crippen MR) is 86.9 cm³/mol.